The summed E-state index contributed by atoms with van der Waals surface area (Å²) in [5.74, 6) is 1.85. The Balaban J connectivity index is 0.00000210. The molecule has 8 rings (SSSR count). The third-order valence-electron chi connectivity index (χ3n) is 7.00. The minimum atomic E-state index is 0. The second-order valence-corrected chi connectivity index (χ2v) is 9.03. The van der Waals surface area contributed by atoms with Crippen molar-refractivity contribution in [2.24, 2.45) is 7.05 Å². The summed E-state index contributed by atoms with van der Waals surface area (Å²) < 4.78 is 6.66. The molecule has 0 atom stereocenters. The van der Waals surface area contributed by atoms with Crippen molar-refractivity contribution in [2.45, 2.75) is 13.8 Å². The van der Waals surface area contributed by atoms with Crippen LogP contribution < -0.4 is 0 Å². The predicted molar refractivity (Wildman–Crippen MR) is 143 cm³/mol. The summed E-state index contributed by atoms with van der Waals surface area (Å²) in [6.07, 6.45) is 0.852. The highest BCUT2D eigenvalue weighted by molar-refractivity contribution is 5.92. The van der Waals surface area contributed by atoms with Crippen LogP contribution in [0.15, 0.2) is 84.9 Å². The van der Waals surface area contributed by atoms with Gasteiger partial charge in [0, 0.05) is 7.05 Å². The fraction of sp³-hybridized carbons (Fsp3) is 0.103. The lowest BCUT2D eigenvalue weighted by atomic mass is 10.0. The monoisotopic (exact) mass is 456 g/mol. The molecule has 0 amide bonds. The van der Waals surface area contributed by atoms with Crippen LogP contribution in [0.3, 0.4) is 0 Å². The van der Waals surface area contributed by atoms with Crippen LogP contribution in [0.1, 0.15) is 18.6 Å². The molecule has 0 fully saturated rings. The first-order chi connectivity index (χ1) is 16.7. The van der Waals surface area contributed by atoms with Gasteiger partial charge in [-0.2, -0.15) is 0 Å². The molecule has 0 unspecified atom stereocenters. The van der Waals surface area contributed by atoms with Crippen molar-refractivity contribution in [1.82, 2.24) is 28.3 Å². The van der Waals surface area contributed by atoms with Crippen LogP contribution in [-0.4, -0.2) is 28.3 Å². The molecule has 6 nitrogen and oxygen atoms in total. The number of aromatic amines is 1. The van der Waals surface area contributed by atoms with E-state index in [1.807, 2.05) is 12.1 Å². The van der Waals surface area contributed by atoms with E-state index in [9.17, 15) is 0 Å². The minimum Gasteiger partial charge on any atom is -0.323 e. The van der Waals surface area contributed by atoms with E-state index in [1.54, 1.807) is 0 Å². The fourth-order valence-corrected chi connectivity index (χ4v) is 5.41. The van der Waals surface area contributed by atoms with Gasteiger partial charge in [-0.15, -0.1) is 0 Å². The van der Waals surface area contributed by atoms with E-state index in [0.717, 1.165) is 51.1 Å². The van der Waals surface area contributed by atoms with Gasteiger partial charge in [0.1, 0.15) is 0 Å². The van der Waals surface area contributed by atoms with Crippen molar-refractivity contribution >= 4 is 55.7 Å². The summed E-state index contributed by atoms with van der Waals surface area (Å²) in [5.41, 5.74) is 11.5. The quantitative estimate of drug-likeness (QED) is 0.323. The molecule has 4 heterocycles. The molecule has 0 aliphatic carbocycles. The number of rotatable bonds is 2. The zero-order valence-electron chi connectivity index (χ0n) is 18.5. The van der Waals surface area contributed by atoms with E-state index in [4.69, 9.17) is 9.97 Å². The molecule has 170 valence electrons. The number of hydrogen-bond donors (Lipinski definition) is 1. The SMILES string of the molecule is C.Cn1c2ccc(Cc3ccc4nc5[nH]c6ccccc6n5c4c3)cc2n2c3ccccc3nc12. The molecule has 35 heavy (non-hydrogen) atoms. The van der Waals surface area contributed by atoms with E-state index in [0.29, 0.717) is 0 Å². The van der Waals surface area contributed by atoms with Gasteiger partial charge in [-0.1, -0.05) is 43.8 Å². The van der Waals surface area contributed by atoms with Crippen LogP contribution in [0.25, 0.3) is 55.7 Å². The fourth-order valence-electron chi connectivity index (χ4n) is 5.41. The first-order valence-electron chi connectivity index (χ1n) is 11.5. The smallest absolute Gasteiger partial charge is 0.215 e. The third-order valence-corrected chi connectivity index (χ3v) is 7.00. The van der Waals surface area contributed by atoms with Gasteiger partial charge in [0.05, 0.1) is 44.1 Å². The lowest BCUT2D eigenvalue weighted by Crippen LogP contribution is -1.91. The first-order valence-corrected chi connectivity index (χ1v) is 11.5. The number of nitrogens with one attached hydrogen (secondary N) is 1. The molecule has 0 saturated heterocycles. The molecule has 0 aliphatic rings. The lowest BCUT2D eigenvalue weighted by molar-refractivity contribution is 0.973. The van der Waals surface area contributed by atoms with Crippen LogP contribution in [0.2, 0.25) is 0 Å². The maximum absolute atomic E-state index is 4.86. The normalized spacial score (nSPS) is 12.0. The van der Waals surface area contributed by atoms with Crippen LogP contribution >= 0.6 is 0 Å². The van der Waals surface area contributed by atoms with E-state index in [2.05, 4.69) is 98.2 Å². The van der Waals surface area contributed by atoms with Gasteiger partial charge < -0.3 is 9.55 Å². The molecule has 0 radical (unpaired) electrons. The van der Waals surface area contributed by atoms with Crippen LogP contribution in [0.4, 0.5) is 0 Å². The van der Waals surface area contributed by atoms with Crippen LogP contribution in [0.5, 0.6) is 0 Å². The van der Waals surface area contributed by atoms with Crippen molar-refractivity contribution in [3.63, 3.8) is 0 Å². The third kappa shape index (κ3) is 2.65. The highest BCUT2D eigenvalue weighted by atomic mass is 15.2. The Labute approximate surface area is 201 Å². The van der Waals surface area contributed by atoms with Gasteiger partial charge in [-0.3, -0.25) is 8.80 Å². The second-order valence-electron chi connectivity index (χ2n) is 9.03. The molecule has 1 N–H and O–H groups in total. The van der Waals surface area contributed by atoms with Crippen molar-refractivity contribution < 1.29 is 0 Å². The Bertz CT molecular complexity index is 2060. The Hall–Kier alpha value is -4.58. The van der Waals surface area contributed by atoms with Gasteiger partial charge in [0.25, 0.3) is 0 Å². The summed E-state index contributed by atoms with van der Waals surface area (Å²) in [7, 11) is 2.09. The number of para-hydroxylation sites is 4. The van der Waals surface area contributed by atoms with Gasteiger partial charge >= 0.3 is 0 Å². The van der Waals surface area contributed by atoms with E-state index in [-0.39, 0.29) is 7.43 Å². The summed E-state index contributed by atoms with van der Waals surface area (Å²) in [4.78, 5) is 13.1. The molecule has 0 spiro atoms. The van der Waals surface area contributed by atoms with Gasteiger partial charge in [-0.05, 0) is 66.1 Å². The number of benzene rings is 4. The van der Waals surface area contributed by atoms with Crippen molar-refractivity contribution in [3.8, 4) is 0 Å². The van der Waals surface area contributed by atoms with E-state index >= 15 is 0 Å². The van der Waals surface area contributed by atoms with E-state index < -0.39 is 0 Å². The number of aromatic nitrogens is 6. The molecule has 4 aromatic heterocycles. The highest BCUT2D eigenvalue weighted by Gasteiger charge is 2.15. The van der Waals surface area contributed by atoms with Gasteiger partial charge in [0.2, 0.25) is 11.6 Å². The molecule has 8 aromatic rings. The van der Waals surface area contributed by atoms with E-state index in [1.165, 1.54) is 22.2 Å². The molecule has 6 heteroatoms. The zero-order chi connectivity index (χ0) is 22.4. The van der Waals surface area contributed by atoms with Crippen molar-refractivity contribution in [1.29, 1.82) is 0 Å². The maximum Gasteiger partial charge on any atom is 0.215 e. The summed E-state index contributed by atoms with van der Waals surface area (Å²) in [5, 5.41) is 0. The largest absolute Gasteiger partial charge is 0.323 e. The Morgan fingerprint density at radius 2 is 1.37 bits per heavy atom. The number of nitrogens with zero attached hydrogens (tertiary/aromatic N) is 5. The number of hydrogen-bond acceptors (Lipinski definition) is 2. The highest BCUT2D eigenvalue weighted by Crippen LogP contribution is 2.28. The zero-order valence-corrected chi connectivity index (χ0v) is 18.5. The van der Waals surface area contributed by atoms with Gasteiger partial charge in [0.15, 0.2) is 0 Å². The summed E-state index contributed by atoms with van der Waals surface area (Å²) in [6, 6.07) is 30.0. The van der Waals surface area contributed by atoms with Crippen LogP contribution in [0, 0.1) is 0 Å². The Morgan fingerprint density at radius 1 is 0.657 bits per heavy atom. The Morgan fingerprint density at radius 3 is 2.26 bits per heavy atom. The summed E-state index contributed by atoms with van der Waals surface area (Å²) in [6.45, 7) is 0. The molecule has 0 bridgehead atoms. The summed E-state index contributed by atoms with van der Waals surface area (Å²) >= 11 is 0. The molecular weight excluding hydrogens is 432 g/mol. The predicted octanol–water partition coefficient (Wildman–Crippen LogP) is 6.49. The topological polar surface area (TPSA) is 55.3 Å². The average Bonchev–Trinajstić information content (AvgIpc) is 3.58. The number of aryl methyl sites for hydroxylation is 1. The van der Waals surface area contributed by atoms with Crippen molar-refractivity contribution in [2.75, 3.05) is 0 Å². The average molecular weight is 457 g/mol. The lowest BCUT2D eigenvalue weighted by Gasteiger charge is -2.05. The van der Waals surface area contributed by atoms with Crippen LogP contribution in [-0.2, 0) is 13.5 Å². The number of imidazole rings is 4. The first kappa shape index (κ1) is 19.9. The molecule has 0 saturated carbocycles. The molecular formula is C29H24N6. The number of fused-ring (bicyclic) bond motifs is 10. The second kappa shape index (κ2) is 6.96. The Kier molecular flexibility index (Phi) is 3.95. The molecule has 4 aromatic carbocycles. The van der Waals surface area contributed by atoms with Crippen molar-refractivity contribution in [3.05, 3.63) is 96.1 Å². The molecule has 0 aliphatic heterocycles. The standard InChI is InChI=1S/C28H20N6.CH4/c1-32-24-13-11-18(16-26(24)34-23-9-5-3-7-20(23)31-28(32)34)14-17-10-12-21-25(15-17)33-22-8-4-2-6-19(22)29-27(33)30-21;/h2-13,15-16H,14H2,1H3,(H,29,30);1H4. The minimum absolute atomic E-state index is 0. The number of H-pyrrole nitrogens is 1. The maximum atomic E-state index is 4.86. The van der Waals surface area contributed by atoms with Gasteiger partial charge in [-0.25, -0.2) is 9.97 Å².